The maximum atomic E-state index is 11.3. The molecule has 0 heterocycles. The molecule has 0 spiro atoms. The van der Waals surface area contributed by atoms with Gasteiger partial charge in [0.15, 0.2) is 0 Å². The highest BCUT2D eigenvalue weighted by atomic mass is 16.6. The topological polar surface area (TPSA) is 52.6 Å². The van der Waals surface area contributed by atoms with Crippen LogP contribution in [-0.2, 0) is 19.1 Å². The van der Waals surface area contributed by atoms with E-state index >= 15 is 0 Å². The van der Waals surface area contributed by atoms with E-state index in [1.165, 1.54) is 6.92 Å². The monoisotopic (exact) mass is 230 g/mol. The molecule has 0 aliphatic carbocycles. The van der Waals surface area contributed by atoms with Crippen molar-refractivity contribution in [3.05, 3.63) is 0 Å². The third kappa shape index (κ3) is 11.0. The van der Waals surface area contributed by atoms with Gasteiger partial charge in [-0.2, -0.15) is 0 Å². The summed E-state index contributed by atoms with van der Waals surface area (Å²) in [6.07, 6.45) is 2.86. The Labute approximate surface area is 97.3 Å². The summed E-state index contributed by atoms with van der Waals surface area (Å²) >= 11 is 0. The van der Waals surface area contributed by atoms with E-state index in [1.54, 1.807) is 0 Å². The van der Waals surface area contributed by atoms with Gasteiger partial charge in [-0.05, 0) is 40.0 Å². The van der Waals surface area contributed by atoms with Gasteiger partial charge in [0, 0.05) is 13.3 Å². The summed E-state index contributed by atoms with van der Waals surface area (Å²) in [5, 5.41) is 0. The fourth-order valence-corrected chi connectivity index (χ4v) is 1.16. The summed E-state index contributed by atoms with van der Waals surface area (Å²) in [5.41, 5.74) is -0.408. The first-order valence-corrected chi connectivity index (χ1v) is 5.66. The van der Waals surface area contributed by atoms with Crippen molar-refractivity contribution in [2.75, 3.05) is 6.61 Å². The van der Waals surface area contributed by atoms with E-state index in [0.29, 0.717) is 13.0 Å². The molecule has 4 heteroatoms. The third-order valence-corrected chi connectivity index (χ3v) is 1.75. The molecule has 0 aromatic carbocycles. The highest BCUT2D eigenvalue weighted by molar-refractivity contribution is 5.69. The summed E-state index contributed by atoms with van der Waals surface area (Å²) < 4.78 is 9.93. The molecule has 0 saturated heterocycles. The standard InChI is InChI=1S/C12H22O4/c1-10(13)15-9-7-5-6-8-11(14)16-12(2,3)4/h5-9H2,1-4H3. The first-order valence-electron chi connectivity index (χ1n) is 5.66. The molecule has 0 amide bonds. The minimum Gasteiger partial charge on any atom is -0.466 e. The molecule has 0 aromatic rings. The fourth-order valence-electron chi connectivity index (χ4n) is 1.16. The van der Waals surface area contributed by atoms with Crippen LogP contribution in [0.15, 0.2) is 0 Å². The Morgan fingerprint density at radius 3 is 2.19 bits per heavy atom. The number of rotatable bonds is 6. The minimum absolute atomic E-state index is 0.167. The largest absolute Gasteiger partial charge is 0.466 e. The van der Waals surface area contributed by atoms with Gasteiger partial charge in [0.2, 0.25) is 0 Å². The smallest absolute Gasteiger partial charge is 0.306 e. The highest BCUT2D eigenvalue weighted by Gasteiger charge is 2.15. The van der Waals surface area contributed by atoms with Crippen molar-refractivity contribution in [3.8, 4) is 0 Å². The van der Waals surface area contributed by atoms with Crippen LogP contribution >= 0.6 is 0 Å². The quantitative estimate of drug-likeness (QED) is 0.519. The number of unbranched alkanes of at least 4 members (excludes halogenated alkanes) is 2. The lowest BCUT2D eigenvalue weighted by molar-refractivity contribution is -0.155. The van der Waals surface area contributed by atoms with Gasteiger partial charge in [-0.1, -0.05) is 0 Å². The molecular formula is C12H22O4. The van der Waals surface area contributed by atoms with E-state index in [9.17, 15) is 9.59 Å². The van der Waals surface area contributed by atoms with Crippen LogP contribution in [0, 0.1) is 0 Å². The van der Waals surface area contributed by atoms with Crippen LogP contribution in [0.5, 0.6) is 0 Å². The predicted octanol–water partition coefficient (Wildman–Crippen LogP) is 2.45. The Kier molecular flexibility index (Phi) is 6.77. The molecule has 94 valence electrons. The molecule has 16 heavy (non-hydrogen) atoms. The number of ether oxygens (including phenoxy) is 2. The van der Waals surface area contributed by atoms with Crippen molar-refractivity contribution in [1.29, 1.82) is 0 Å². The van der Waals surface area contributed by atoms with Crippen molar-refractivity contribution in [1.82, 2.24) is 0 Å². The molecule has 0 aromatic heterocycles. The number of carbonyl (C=O) groups is 2. The summed E-state index contributed by atoms with van der Waals surface area (Å²) in [6.45, 7) is 7.38. The van der Waals surface area contributed by atoms with E-state index in [-0.39, 0.29) is 11.9 Å². The summed E-state index contributed by atoms with van der Waals surface area (Å²) in [7, 11) is 0. The minimum atomic E-state index is -0.408. The van der Waals surface area contributed by atoms with Crippen molar-refractivity contribution >= 4 is 11.9 Å². The average molecular weight is 230 g/mol. The van der Waals surface area contributed by atoms with Crippen LogP contribution in [0.3, 0.4) is 0 Å². The molecule has 0 unspecified atom stereocenters. The average Bonchev–Trinajstić information content (AvgIpc) is 2.07. The molecule has 0 aliphatic heterocycles. The molecule has 0 saturated carbocycles. The lowest BCUT2D eigenvalue weighted by atomic mass is 10.1. The van der Waals surface area contributed by atoms with Gasteiger partial charge in [-0.15, -0.1) is 0 Å². The van der Waals surface area contributed by atoms with Gasteiger partial charge in [-0.3, -0.25) is 9.59 Å². The zero-order valence-corrected chi connectivity index (χ0v) is 10.7. The summed E-state index contributed by atoms with van der Waals surface area (Å²) in [4.78, 5) is 21.7. The van der Waals surface area contributed by atoms with Gasteiger partial charge < -0.3 is 9.47 Å². The lowest BCUT2D eigenvalue weighted by Crippen LogP contribution is -2.23. The molecule has 0 rings (SSSR count). The molecule has 0 radical (unpaired) electrons. The van der Waals surface area contributed by atoms with Crippen LogP contribution < -0.4 is 0 Å². The van der Waals surface area contributed by atoms with Crippen LogP contribution in [0.25, 0.3) is 0 Å². The van der Waals surface area contributed by atoms with Crippen molar-refractivity contribution in [2.24, 2.45) is 0 Å². The Morgan fingerprint density at radius 1 is 1.06 bits per heavy atom. The Hall–Kier alpha value is -1.06. The Bertz CT molecular complexity index is 228. The van der Waals surface area contributed by atoms with Crippen LogP contribution in [0.1, 0.15) is 53.4 Å². The summed E-state index contributed by atoms with van der Waals surface area (Å²) in [5.74, 6) is -0.424. The lowest BCUT2D eigenvalue weighted by Gasteiger charge is -2.19. The zero-order valence-electron chi connectivity index (χ0n) is 10.7. The zero-order chi connectivity index (χ0) is 12.6. The van der Waals surface area contributed by atoms with Crippen LogP contribution in [0.4, 0.5) is 0 Å². The number of hydrogen-bond donors (Lipinski definition) is 0. The fraction of sp³-hybridized carbons (Fsp3) is 0.833. The van der Waals surface area contributed by atoms with Gasteiger partial charge in [0.05, 0.1) is 6.61 Å². The maximum Gasteiger partial charge on any atom is 0.306 e. The molecule has 0 N–H and O–H groups in total. The molecule has 0 bridgehead atoms. The van der Waals surface area contributed by atoms with E-state index in [4.69, 9.17) is 9.47 Å². The predicted molar refractivity (Wildman–Crippen MR) is 60.9 cm³/mol. The van der Waals surface area contributed by atoms with Gasteiger partial charge >= 0.3 is 11.9 Å². The van der Waals surface area contributed by atoms with E-state index in [1.807, 2.05) is 20.8 Å². The van der Waals surface area contributed by atoms with Crippen molar-refractivity contribution in [2.45, 2.75) is 59.0 Å². The van der Waals surface area contributed by atoms with E-state index < -0.39 is 5.60 Å². The van der Waals surface area contributed by atoms with Crippen molar-refractivity contribution in [3.63, 3.8) is 0 Å². The molecule has 4 nitrogen and oxygen atoms in total. The maximum absolute atomic E-state index is 11.3. The second-order valence-electron chi connectivity index (χ2n) is 4.74. The second kappa shape index (κ2) is 7.25. The van der Waals surface area contributed by atoms with Gasteiger partial charge in [0.1, 0.15) is 5.60 Å². The van der Waals surface area contributed by atoms with Crippen LogP contribution in [-0.4, -0.2) is 24.1 Å². The van der Waals surface area contributed by atoms with Crippen molar-refractivity contribution < 1.29 is 19.1 Å². The summed E-state index contributed by atoms with van der Waals surface area (Å²) in [6, 6.07) is 0. The molecule has 0 aliphatic rings. The Balaban J connectivity index is 3.38. The Morgan fingerprint density at radius 2 is 1.69 bits per heavy atom. The highest BCUT2D eigenvalue weighted by Crippen LogP contribution is 2.10. The van der Waals surface area contributed by atoms with Crippen LogP contribution in [0.2, 0.25) is 0 Å². The number of carbonyl (C=O) groups excluding carboxylic acids is 2. The number of esters is 2. The first-order chi connectivity index (χ1) is 7.31. The van der Waals surface area contributed by atoms with E-state index in [2.05, 4.69) is 0 Å². The second-order valence-corrected chi connectivity index (χ2v) is 4.74. The SMILES string of the molecule is CC(=O)OCCCCCC(=O)OC(C)(C)C. The molecular weight excluding hydrogens is 208 g/mol. The molecule has 0 atom stereocenters. The molecule has 0 fully saturated rings. The third-order valence-electron chi connectivity index (χ3n) is 1.75. The normalized spacial score (nSPS) is 11.0. The van der Waals surface area contributed by atoms with Gasteiger partial charge in [-0.25, -0.2) is 0 Å². The first kappa shape index (κ1) is 14.9. The number of hydrogen-bond acceptors (Lipinski definition) is 4. The van der Waals surface area contributed by atoms with E-state index in [0.717, 1.165) is 19.3 Å². The van der Waals surface area contributed by atoms with Gasteiger partial charge in [0.25, 0.3) is 0 Å².